The Kier molecular flexibility index (Phi) is 4.96. The van der Waals surface area contributed by atoms with E-state index < -0.39 is 0 Å². The van der Waals surface area contributed by atoms with E-state index in [4.69, 9.17) is 4.74 Å². The number of ether oxygens (including phenoxy) is 1. The second-order valence-corrected chi connectivity index (χ2v) is 6.69. The van der Waals surface area contributed by atoms with Crippen LogP contribution in [0.15, 0.2) is 83.5 Å². The maximum absolute atomic E-state index is 13.3. The van der Waals surface area contributed by atoms with Crippen molar-refractivity contribution in [1.82, 2.24) is 0 Å². The Morgan fingerprint density at radius 3 is 2.34 bits per heavy atom. The van der Waals surface area contributed by atoms with Gasteiger partial charge in [-0.1, -0.05) is 42.0 Å². The van der Waals surface area contributed by atoms with Crippen LogP contribution in [-0.2, 0) is 4.79 Å². The van der Waals surface area contributed by atoms with E-state index in [0.717, 1.165) is 5.56 Å². The first-order valence-corrected chi connectivity index (χ1v) is 9.17. The van der Waals surface area contributed by atoms with Crippen LogP contribution in [0.2, 0.25) is 0 Å². The van der Waals surface area contributed by atoms with Gasteiger partial charge >= 0.3 is 0 Å². The third-order valence-corrected chi connectivity index (χ3v) is 4.67. The zero-order valence-corrected chi connectivity index (χ0v) is 16.1. The molecule has 0 bridgehead atoms. The fourth-order valence-corrected chi connectivity index (χ4v) is 3.18. The minimum Gasteiger partial charge on any atom is -0.496 e. The summed E-state index contributed by atoms with van der Waals surface area (Å²) in [7, 11) is 1.58. The van der Waals surface area contributed by atoms with Gasteiger partial charge in [-0.2, -0.15) is 0 Å². The van der Waals surface area contributed by atoms with E-state index in [-0.39, 0.29) is 17.4 Å². The van der Waals surface area contributed by atoms with E-state index in [1.807, 2.05) is 55.5 Å². The van der Waals surface area contributed by atoms with Crippen LogP contribution in [-0.4, -0.2) is 18.9 Å². The minimum absolute atomic E-state index is 0.251. The van der Waals surface area contributed by atoms with E-state index in [2.05, 4.69) is 4.99 Å². The second-order valence-electron chi connectivity index (χ2n) is 6.69. The standard InChI is InChI=1S/C24H19FN2O2/c1-16-7-13-19(14-8-16)27-23(20-5-3-4-6-22(20)29-2)26-21(24(27)28)15-17-9-11-18(25)12-10-17/h3-15H,1-2H3/b21-15+. The van der Waals surface area contributed by atoms with Crippen LogP contribution >= 0.6 is 0 Å². The van der Waals surface area contributed by atoms with Gasteiger partial charge in [-0.3, -0.25) is 9.69 Å². The molecule has 0 aliphatic carbocycles. The lowest BCUT2D eigenvalue weighted by Gasteiger charge is -2.20. The third kappa shape index (κ3) is 3.67. The predicted octanol–water partition coefficient (Wildman–Crippen LogP) is 4.98. The number of benzene rings is 3. The molecular weight excluding hydrogens is 367 g/mol. The fourth-order valence-electron chi connectivity index (χ4n) is 3.18. The lowest BCUT2D eigenvalue weighted by molar-refractivity contribution is -0.113. The minimum atomic E-state index is -0.329. The van der Waals surface area contributed by atoms with Crippen LogP contribution in [0.25, 0.3) is 6.08 Å². The van der Waals surface area contributed by atoms with E-state index in [1.54, 1.807) is 30.2 Å². The van der Waals surface area contributed by atoms with Crippen LogP contribution < -0.4 is 9.64 Å². The summed E-state index contributed by atoms with van der Waals surface area (Å²) in [5.41, 5.74) is 3.50. The van der Waals surface area contributed by atoms with Gasteiger partial charge in [0.15, 0.2) is 5.84 Å². The molecule has 0 spiro atoms. The smallest absolute Gasteiger partial charge is 0.282 e. The molecule has 1 aliphatic rings. The van der Waals surface area contributed by atoms with Gasteiger partial charge < -0.3 is 4.74 Å². The van der Waals surface area contributed by atoms with Gasteiger partial charge in [0.1, 0.15) is 17.3 Å². The molecule has 4 rings (SSSR count). The van der Waals surface area contributed by atoms with Crippen molar-refractivity contribution in [2.45, 2.75) is 6.92 Å². The number of amidine groups is 1. The van der Waals surface area contributed by atoms with Crippen molar-refractivity contribution in [2.24, 2.45) is 4.99 Å². The van der Waals surface area contributed by atoms with E-state index in [1.165, 1.54) is 12.1 Å². The number of anilines is 1. The van der Waals surface area contributed by atoms with Crippen molar-refractivity contribution < 1.29 is 13.9 Å². The number of rotatable bonds is 4. The highest BCUT2D eigenvalue weighted by Gasteiger charge is 2.33. The van der Waals surface area contributed by atoms with Gasteiger partial charge in [0.05, 0.1) is 18.4 Å². The van der Waals surface area contributed by atoms with Crippen molar-refractivity contribution in [1.29, 1.82) is 0 Å². The number of amides is 1. The van der Waals surface area contributed by atoms with Crippen molar-refractivity contribution in [3.63, 3.8) is 0 Å². The molecule has 0 unspecified atom stereocenters. The number of para-hydroxylation sites is 1. The van der Waals surface area contributed by atoms with Crippen LogP contribution in [0.5, 0.6) is 5.75 Å². The lowest BCUT2D eigenvalue weighted by Crippen LogP contribution is -2.32. The number of aliphatic imine (C=N–C) groups is 1. The van der Waals surface area contributed by atoms with Crippen molar-refractivity contribution in [2.75, 3.05) is 12.0 Å². The SMILES string of the molecule is COc1ccccc1C1=N/C(=C/c2ccc(F)cc2)C(=O)N1c1ccc(C)cc1. The molecule has 0 N–H and O–H groups in total. The van der Waals surface area contributed by atoms with Crippen molar-refractivity contribution >= 4 is 23.5 Å². The van der Waals surface area contributed by atoms with Crippen molar-refractivity contribution in [3.8, 4) is 5.75 Å². The summed E-state index contributed by atoms with van der Waals surface area (Å²) in [6, 6.07) is 21.1. The molecule has 0 fully saturated rings. The summed E-state index contributed by atoms with van der Waals surface area (Å²) in [4.78, 5) is 19.5. The van der Waals surface area contributed by atoms with Gasteiger partial charge in [-0.05, 0) is 55.0 Å². The average Bonchev–Trinajstić information content (AvgIpc) is 3.06. The van der Waals surface area contributed by atoms with Crippen LogP contribution in [0.4, 0.5) is 10.1 Å². The molecule has 4 nitrogen and oxygen atoms in total. The molecule has 1 amide bonds. The highest BCUT2D eigenvalue weighted by Crippen LogP contribution is 2.31. The van der Waals surface area contributed by atoms with Gasteiger partial charge in [0, 0.05) is 0 Å². The molecule has 0 saturated carbocycles. The van der Waals surface area contributed by atoms with Crippen LogP contribution in [0.1, 0.15) is 16.7 Å². The predicted molar refractivity (Wildman–Crippen MR) is 113 cm³/mol. The summed E-state index contributed by atoms with van der Waals surface area (Å²) in [5.74, 6) is 0.535. The monoisotopic (exact) mass is 386 g/mol. The number of methoxy groups -OCH3 is 1. The normalized spacial score (nSPS) is 15.0. The topological polar surface area (TPSA) is 41.9 Å². The number of carbonyl (C=O) groups excluding carboxylic acids is 1. The van der Waals surface area contributed by atoms with Gasteiger partial charge in [0.25, 0.3) is 5.91 Å². The number of aryl methyl sites for hydroxylation is 1. The first-order valence-electron chi connectivity index (χ1n) is 9.17. The Hall–Kier alpha value is -3.73. The molecule has 144 valence electrons. The van der Waals surface area contributed by atoms with Gasteiger partial charge in [-0.15, -0.1) is 0 Å². The molecule has 1 aliphatic heterocycles. The maximum Gasteiger partial charge on any atom is 0.282 e. The Balaban J connectivity index is 1.85. The van der Waals surface area contributed by atoms with Crippen molar-refractivity contribution in [3.05, 3.63) is 101 Å². The molecule has 0 aromatic heterocycles. The third-order valence-electron chi connectivity index (χ3n) is 4.67. The Morgan fingerprint density at radius 2 is 1.66 bits per heavy atom. The van der Waals surface area contributed by atoms with Crippen LogP contribution in [0, 0.1) is 12.7 Å². The molecular formula is C24H19FN2O2. The number of carbonyl (C=O) groups is 1. The number of hydrogen-bond acceptors (Lipinski definition) is 3. The lowest BCUT2D eigenvalue weighted by atomic mass is 10.1. The summed E-state index contributed by atoms with van der Waals surface area (Å²) >= 11 is 0. The summed E-state index contributed by atoms with van der Waals surface area (Å²) in [5, 5.41) is 0. The maximum atomic E-state index is 13.3. The average molecular weight is 386 g/mol. The van der Waals surface area contributed by atoms with E-state index in [9.17, 15) is 9.18 Å². The van der Waals surface area contributed by atoms with E-state index >= 15 is 0 Å². The van der Waals surface area contributed by atoms with Gasteiger partial charge in [-0.25, -0.2) is 9.38 Å². The molecule has 29 heavy (non-hydrogen) atoms. The van der Waals surface area contributed by atoms with Gasteiger partial charge in [0.2, 0.25) is 0 Å². The van der Waals surface area contributed by atoms with Crippen LogP contribution in [0.3, 0.4) is 0 Å². The van der Waals surface area contributed by atoms with E-state index in [0.29, 0.717) is 28.4 Å². The zero-order chi connectivity index (χ0) is 20.4. The first-order chi connectivity index (χ1) is 14.1. The number of halogens is 1. The summed E-state index contributed by atoms with van der Waals surface area (Å²) in [6.45, 7) is 1.99. The molecule has 3 aromatic carbocycles. The summed E-state index contributed by atoms with van der Waals surface area (Å²) < 4.78 is 18.7. The molecule has 0 saturated heterocycles. The Bertz CT molecular complexity index is 1120. The zero-order valence-electron chi connectivity index (χ0n) is 16.1. The number of hydrogen-bond donors (Lipinski definition) is 0. The molecule has 0 radical (unpaired) electrons. The molecule has 1 heterocycles. The largest absolute Gasteiger partial charge is 0.496 e. The molecule has 5 heteroatoms. The highest BCUT2D eigenvalue weighted by atomic mass is 19.1. The summed E-state index contributed by atoms with van der Waals surface area (Å²) in [6.07, 6.45) is 1.66. The number of nitrogens with zero attached hydrogens (tertiary/aromatic N) is 2. The Morgan fingerprint density at radius 1 is 0.966 bits per heavy atom. The quantitative estimate of drug-likeness (QED) is 0.594. The molecule has 0 atom stereocenters. The molecule has 3 aromatic rings. The Labute approximate surface area is 168 Å². The fraction of sp³-hybridized carbons (Fsp3) is 0.0833. The second kappa shape index (κ2) is 7.72. The highest BCUT2D eigenvalue weighted by molar-refractivity contribution is 6.33. The first kappa shape index (κ1) is 18.6.